The van der Waals surface area contributed by atoms with Gasteiger partial charge in [-0.1, -0.05) is 94.1 Å². The van der Waals surface area contributed by atoms with Gasteiger partial charge in [0.15, 0.2) is 11.0 Å². The van der Waals surface area contributed by atoms with Crippen molar-refractivity contribution >= 4 is 11.8 Å². The lowest BCUT2D eigenvalue weighted by atomic mass is 9.87. The summed E-state index contributed by atoms with van der Waals surface area (Å²) in [7, 11) is 0. The van der Waals surface area contributed by atoms with Crippen LogP contribution in [0.15, 0.2) is 59.8 Å². The van der Waals surface area contributed by atoms with Crippen LogP contribution in [0.1, 0.15) is 62.7 Å². The zero-order chi connectivity index (χ0) is 20.1. The molecule has 0 radical (unpaired) electrons. The third-order valence-corrected chi connectivity index (χ3v) is 5.93. The fraction of sp³-hybridized carbons (Fsp3) is 0.391. The fourth-order valence-corrected chi connectivity index (χ4v) is 3.93. The largest absolute Gasteiger partial charge is 0.321 e. The highest BCUT2D eigenvalue weighted by Crippen LogP contribution is 2.27. The van der Waals surface area contributed by atoms with Gasteiger partial charge in [0, 0.05) is 5.75 Å². The van der Waals surface area contributed by atoms with E-state index in [0.29, 0.717) is 0 Å². The summed E-state index contributed by atoms with van der Waals surface area (Å²) in [4.78, 5) is 0. The van der Waals surface area contributed by atoms with Crippen LogP contribution in [0.4, 0.5) is 0 Å². The van der Waals surface area contributed by atoms with Crippen LogP contribution < -0.4 is 5.73 Å². The molecule has 0 aliphatic heterocycles. The number of thioether (sulfide) groups is 1. The molecule has 1 unspecified atom stereocenters. The molecular formula is C23H30N4S. The van der Waals surface area contributed by atoms with Crippen LogP contribution >= 0.6 is 11.8 Å². The van der Waals surface area contributed by atoms with Crippen molar-refractivity contribution in [2.45, 2.75) is 63.0 Å². The first-order valence-corrected chi connectivity index (χ1v) is 10.8. The Kier molecular flexibility index (Phi) is 6.57. The van der Waals surface area contributed by atoms with Crippen molar-refractivity contribution < 1.29 is 0 Å². The van der Waals surface area contributed by atoms with Crippen molar-refractivity contribution in [1.82, 2.24) is 14.8 Å². The van der Waals surface area contributed by atoms with E-state index in [1.807, 2.05) is 6.07 Å². The predicted octanol–water partition coefficient (Wildman–Crippen LogP) is 5.33. The second-order valence-electron chi connectivity index (χ2n) is 8.16. The monoisotopic (exact) mass is 394 g/mol. The van der Waals surface area contributed by atoms with Gasteiger partial charge in [0.25, 0.3) is 0 Å². The maximum atomic E-state index is 6.29. The molecule has 0 amide bonds. The van der Waals surface area contributed by atoms with E-state index in [-0.39, 0.29) is 11.5 Å². The average molecular weight is 395 g/mol. The summed E-state index contributed by atoms with van der Waals surface area (Å²) in [6, 6.07) is 19.2. The Hall–Kier alpha value is -2.11. The quantitative estimate of drug-likeness (QED) is 0.551. The van der Waals surface area contributed by atoms with E-state index in [0.717, 1.165) is 29.7 Å². The van der Waals surface area contributed by atoms with E-state index in [1.54, 1.807) is 11.8 Å². The maximum absolute atomic E-state index is 6.29. The van der Waals surface area contributed by atoms with Gasteiger partial charge in [-0.2, -0.15) is 0 Å². The van der Waals surface area contributed by atoms with Gasteiger partial charge < -0.3 is 10.3 Å². The Morgan fingerprint density at radius 3 is 2.25 bits per heavy atom. The molecule has 0 spiro atoms. The molecule has 2 N–H and O–H groups in total. The lowest BCUT2D eigenvalue weighted by Gasteiger charge is -2.19. The second-order valence-corrected chi connectivity index (χ2v) is 9.11. The molecule has 0 bridgehead atoms. The van der Waals surface area contributed by atoms with Gasteiger partial charge in [0.1, 0.15) is 0 Å². The first kappa shape index (κ1) is 20.6. The Bertz CT molecular complexity index is 879. The van der Waals surface area contributed by atoms with Gasteiger partial charge in [0.05, 0.1) is 12.6 Å². The fourth-order valence-electron chi connectivity index (χ4n) is 3.03. The van der Waals surface area contributed by atoms with E-state index < -0.39 is 0 Å². The van der Waals surface area contributed by atoms with Crippen molar-refractivity contribution in [2.75, 3.05) is 0 Å². The summed E-state index contributed by atoms with van der Waals surface area (Å²) in [5.74, 6) is 1.72. The standard InChI is InChI=1S/C23H30N4S/c1-5-20(24)21-25-26-22(27(21)15-17-9-7-6-8-10-17)28-16-18-11-13-19(14-12-18)23(2,3)4/h6-14,20H,5,15-16,24H2,1-4H3. The smallest absolute Gasteiger partial charge is 0.191 e. The van der Waals surface area contributed by atoms with Crippen molar-refractivity contribution in [2.24, 2.45) is 5.73 Å². The highest BCUT2D eigenvalue weighted by molar-refractivity contribution is 7.98. The van der Waals surface area contributed by atoms with Crippen molar-refractivity contribution in [3.8, 4) is 0 Å². The summed E-state index contributed by atoms with van der Waals surface area (Å²) in [6.07, 6.45) is 0.839. The number of hydrogen-bond donors (Lipinski definition) is 1. The van der Waals surface area contributed by atoms with Gasteiger partial charge in [-0.25, -0.2) is 0 Å². The van der Waals surface area contributed by atoms with Crippen molar-refractivity contribution in [3.05, 3.63) is 77.1 Å². The average Bonchev–Trinajstić information content (AvgIpc) is 3.08. The molecule has 0 aliphatic rings. The minimum absolute atomic E-state index is 0.100. The van der Waals surface area contributed by atoms with E-state index >= 15 is 0 Å². The molecular weight excluding hydrogens is 364 g/mol. The molecule has 0 aliphatic carbocycles. The summed E-state index contributed by atoms with van der Waals surface area (Å²) in [6.45, 7) is 9.53. The number of nitrogens with two attached hydrogens (primary N) is 1. The van der Waals surface area contributed by atoms with Gasteiger partial charge in [-0.3, -0.25) is 0 Å². The minimum atomic E-state index is -0.100. The van der Waals surface area contributed by atoms with Gasteiger partial charge >= 0.3 is 0 Å². The zero-order valence-electron chi connectivity index (χ0n) is 17.2. The third kappa shape index (κ3) is 5.03. The summed E-state index contributed by atoms with van der Waals surface area (Å²) in [5, 5.41) is 9.78. The molecule has 1 atom stereocenters. The molecule has 28 heavy (non-hydrogen) atoms. The lowest BCUT2D eigenvalue weighted by molar-refractivity contribution is 0.578. The van der Waals surface area contributed by atoms with Crippen LogP contribution in [0.25, 0.3) is 0 Å². The molecule has 1 heterocycles. The SMILES string of the molecule is CCC(N)c1nnc(SCc2ccc(C(C)(C)C)cc2)n1Cc1ccccc1. The van der Waals surface area contributed by atoms with Gasteiger partial charge in [-0.05, 0) is 28.5 Å². The molecule has 3 rings (SSSR count). The molecule has 148 valence electrons. The van der Waals surface area contributed by atoms with E-state index in [4.69, 9.17) is 5.73 Å². The van der Waals surface area contributed by atoms with E-state index in [1.165, 1.54) is 16.7 Å². The Labute approximate surface area is 172 Å². The van der Waals surface area contributed by atoms with Crippen molar-refractivity contribution in [3.63, 3.8) is 0 Å². The zero-order valence-corrected chi connectivity index (χ0v) is 18.0. The molecule has 2 aromatic carbocycles. The molecule has 0 fully saturated rings. The number of benzene rings is 2. The number of nitrogens with zero attached hydrogens (tertiary/aromatic N) is 3. The van der Waals surface area contributed by atoms with Crippen LogP contribution in [-0.2, 0) is 17.7 Å². The highest BCUT2D eigenvalue weighted by atomic mass is 32.2. The maximum Gasteiger partial charge on any atom is 0.191 e. The minimum Gasteiger partial charge on any atom is -0.321 e. The molecule has 0 saturated carbocycles. The molecule has 0 saturated heterocycles. The lowest BCUT2D eigenvalue weighted by Crippen LogP contribution is -2.17. The molecule has 3 aromatic rings. The second kappa shape index (κ2) is 8.93. The Morgan fingerprint density at radius 2 is 1.64 bits per heavy atom. The van der Waals surface area contributed by atoms with Gasteiger partial charge in [0.2, 0.25) is 0 Å². The number of aromatic nitrogens is 3. The summed E-state index contributed by atoms with van der Waals surface area (Å²) >= 11 is 1.72. The highest BCUT2D eigenvalue weighted by Gasteiger charge is 2.18. The number of hydrogen-bond acceptors (Lipinski definition) is 4. The first-order valence-electron chi connectivity index (χ1n) is 9.83. The first-order chi connectivity index (χ1) is 13.4. The predicted molar refractivity (Wildman–Crippen MR) is 117 cm³/mol. The van der Waals surface area contributed by atoms with Crippen LogP contribution in [-0.4, -0.2) is 14.8 Å². The Morgan fingerprint density at radius 1 is 0.964 bits per heavy atom. The van der Waals surface area contributed by atoms with Crippen molar-refractivity contribution in [1.29, 1.82) is 0 Å². The molecule has 5 heteroatoms. The third-order valence-electron chi connectivity index (χ3n) is 4.89. The summed E-state index contributed by atoms with van der Waals surface area (Å²) in [5.41, 5.74) is 10.3. The van der Waals surface area contributed by atoms with Crippen LogP contribution in [0, 0.1) is 0 Å². The normalized spacial score (nSPS) is 12.9. The molecule has 1 aromatic heterocycles. The van der Waals surface area contributed by atoms with E-state index in [2.05, 4.69) is 91.0 Å². The van der Waals surface area contributed by atoms with E-state index in [9.17, 15) is 0 Å². The van der Waals surface area contributed by atoms with Crippen LogP contribution in [0.3, 0.4) is 0 Å². The van der Waals surface area contributed by atoms with Crippen LogP contribution in [0.2, 0.25) is 0 Å². The van der Waals surface area contributed by atoms with Crippen LogP contribution in [0.5, 0.6) is 0 Å². The van der Waals surface area contributed by atoms with Gasteiger partial charge in [-0.15, -0.1) is 10.2 Å². The topological polar surface area (TPSA) is 56.7 Å². The molecule has 4 nitrogen and oxygen atoms in total. The Balaban J connectivity index is 1.78. The summed E-state index contributed by atoms with van der Waals surface area (Å²) < 4.78 is 2.16. The number of rotatable bonds is 7.